The van der Waals surface area contributed by atoms with E-state index in [1.807, 2.05) is 4.90 Å². The molecule has 1 amide bonds. The quantitative estimate of drug-likeness (QED) is 0.477. The van der Waals surface area contributed by atoms with Crippen LogP contribution in [0.3, 0.4) is 0 Å². The van der Waals surface area contributed by atoms with Crippen molar-refractivity contribution >= 4 is 40.6 Å². The fourth-order valence-electron chi connectivity index (χ4n) is 2.59. The first kappa shape index (κ1) is 17.5. The molecule has 0 aliphatic carbocycles. The molecule has 0 spiro atoms. The van der Waals surface area contributed by atoms with E-state index in [1.54, 1.807) is 17.0 Å². The van der Waals surface area contributed by atoms with Gasteiger partial charge in [0.05, 0.1) is 10.7 Å². The zero-order valence-corrected chi connectivity index (χ0v) is 14.7. The van der Waals surface area contributed by atoms with Crippen LogP contribution in [-0.2, 0) is 4.79 Å². The van der Waals surface area contributed by atoms with Crippen LogP contribution in [0.5, 0.6) is 0 Å². The van der Waals surface area contributed by atoms with Crippen molar-refractivity contribution in [2.24, 2.45) is 0 Å². The molecule has 1 aromatic heterocycles. The number of aromatic amines is 1. The highest BCUT2D eigenvalue weighted by Gasteiger charge is 2.26. The number of nitro benzene ring substituents is 1. The normalized spacial score (nSPS) is 14.6. The number of hydrogen-bond acceptors (Lipinski definition) is 7. The largest absolute Gasteiger partial charge is 0.362 e. The molecule has 0 saturated carbocycles. The number of H-pyrrole nitrogens is 1. The number of carbonyl (C=O) groups excluding carboxylic acids is 1. The minimum absolute atomic E-state index is 0.00616. The lowest BCUT2D eigenvalue weighted by Gasteiger charge is -2.35. The van der Waals surface area contributed by atoms with Gasteiger partial charge in [-0.15, -0.1) is 0 Å². The summed E-state index contributed by atoms with van der Waals surface area (Å²) in [5.41, 5.74) is 0.505. The zero-order chi connectivity index (χ0) is 17.8. The number of amides is 1. The smallest absolute Gasteiger partial charge is 0.294 e. The number of thioether (sulfide) groups is 1. The highest BCUT2D eigenvalue weighted by molar-refractivity contribution is 7.99. The lowest BCUT2D eigenvalue weighted by molar-refractivity contribution is -0.384. The van der Waals surface area contributed by atoms with Crippen LogP contribution in [0.4, 0.5) is 11.4 Å². The fourth-order valence-corrected chi connectivity index (χ4v) is 3.44. The molecule has 25 heavy (non-hydrogen) atoms. The van der Waals surface area contributed by atoms with Crippen molar-refractivity contribution in [3.63, 3.8) is 0 Å². The van der Waals surface area contributed by atoms with Crippen molar-refractivity contribution in [1.82, 2.24) is 20.1 Å². The Morgan fingerprint density at radius 3 is 2.76 bits per heavy atom. The molecule has 0 atom stereocenters. The average Bonchev–Trinajstić information content (AvgIpc) is 3.13. The number of piperazine rings is 1. The van der Waals surface area contributed by atoms with Gasteiger partial charge in [-0.05, 0) is 12.1 Å². The van der Waals surface area contributed by atoms with Crippen molar-refractivity contribution in [3.05, 3.63) is 39.7 Å². The number of carbonyl (C=O) groups is 1. The monoisotopic (exact) mass is 382 g/mol. The molecule has 2 aromatic rings. The van der Waals surface area contributed by atoms with Crippen LogP contribution >= 0.6 is 23.4 Å². The second kappa shape index (κ2) is 7.70. The number of nitrogens with one attached hydrogen (secondary N) is 1. The summed E-state index contributed by atoms with van der Waals surface area (Å²) in [7, 11) is 0. The summed E-state index contributed by atoms with van der Waals surface area (Å²) < 4.78 is 0. The first-order valence-electron chi connectivity index (χ1n) is 7.49. The molecule has 3 rings (SSSR count). The average molecular weight is 383 g/mol. The Hall–Kier alpha value is -2.33. The Labute approximate surface area is 152 Å². The number of rotatable bonds is 5. The van der Waals surface area contributed by atoms with Gasteiger partial charge in [-0.1, -0.05) is 23.4 Å². The minimum atomic E-state index is -0.438. The molecule has 1 aromatic carbocycles. The standard InChI is InChI=1S/C14H15ClN6O3S/c15-10-1-2-11(12(7-10)21(23)24)19-3-5-20(6-4-19)13(22)8-25-14-16-9-17-18-14/h1-2,7,9H,3-6,8H2,(H,16,17,18). The predicted molar refractivity (Wildman–Crippen MR) is 94.0 cm³/mol. The number of benzene rings is 1. The molecular formula is C14H15ClN6O3S. The van der Waals surface area contributed by atoms with Gasteiger partial charge in [0.1, 0.15) is 12.0 Å². The van der Waals surface area contributed by atoms with Gasteiger partial charge in [0, 0.05) is 37.3 Å². The van der Waals surface area contributed by atoms with E-state index in [4.69, 9.17) is 11.6 Å². The van der Waals surface area contributed by atoms with Gasteiger partial charge in [-0.3, -0.25) is 20.0 Å². The zero-order valence-electron chi connectivity index (χ0n) is 13.1. The SMILES string of the molecule is O=C(CSc1ncn[nH]1)N1CCN(c2ccc(Cl)cc2[N+](=O)[O-])CC1. The molecule has 1 aliphatic rings. The number of halogens is 1. The summed E-state index contributed by atoms with van der Waals surface area (Å²) in [4.78, 5) is 30.7. The molecule has 0 radical (unpaired) electrons. The van der Waals surface area contributed by atoms with Crippen LogP contribution in [0.1, 0.15) is 0 Å². The number of nitrogens with zero attached hydrogens (tertiary/aromatic N) is 5. The maximum absolute atomic E-state index is 12.3. The maximum Gasteiger partial charge on any atom is 0.294 e. The second-order valence-electron chi connectivity index (χ2n) is 5.34. The molecule has 1 N–H and O–H groups in total. The molecule has 0 unspecified atom stereocenters. The minimum Gasteiger partial charge on any atom is -0.362 e. The van der Waals surface area contributed by atoms with Crippen LogP contribution in [0.25, 0.3) is 0 Å². The van der Waals surface area contributed by atoms with Gasteiger partial charge in [0.15, 0.2) is 5.16 Å². The number of anilines is 1. The van der Waals surface area contributed by atoms with E-state index in [-0.39, 0.29) is 17.3 Å². The van der Waals surface area contributed by atoms with Crippen LogP contribution in [0.2, 0.25) is 5.02 Å². The topological polar surface area (TPSA) is 108 Å². The van der Waals surface area contributed by atoms with Crippen LogP contribution in [0.15, 0.2) is 29.7 Å². The molecule has 132 valence electrons. The summed E-state index contributed by atoms with van der Waals surface area (Å²) in [5, 5.41) is 18.6. The number of aromatic nitrogens is 3. The molecule has 2 heterocycles. The highest BCUT2D eigenvalue weighted by atomic mass is 35.5. The molecule has 1 saturated heterocycles. The highest BCUT2D eigenvalue weighted by Crippen LogP contribution is 2.31. The van der Waals surface area contributed by atoms with E-state index in [1.165, 1.54) is 24.2 Å². The van der Waals surface area contributed by atoms with E-state index in [9.17, 15) is 14.9 Å². The third-order valence-corrected chi connectivity index (χ3v) is 4.93. The molecule has 1 aliphatic heterocycles. The van der Waals surface area contributed by atoms with Crippen LogP contribution in [-0.4, -0.2) is 62.8 Å². The lowest BCUT2D eigenvalue weighted by atomic mass is 10.2. The van der Waals surface area contributed by atoms with Crippen molar-refractivity contribution in [2.45, 2.75) is 5.16 Å². The maximum atomic E-state index is 12.3. The van der Waals surface area contributed by atoms with Crippen molar-refractivity contribution < 1.29 is 9.72 Å². The summed E-state index contributed by atoms with van der Waals surface area (Å²) in [6.45, 7) is 2.08. The summed E-state index contributed by atoms with van der Waals surface area (Å²) in [6, 6.07) is 4.63. The molecule has 9 nitrogen and oxygen atoms in total. The van der Waals surface area contributed by atoms with E-state index < -0.39 is 4.92 Å². The van der Waals surface area contributed by atoms with E-state index >= 15 is 0 Å². The Kier molecular flexibility index (Phi) is 5.39. The van der Waals surface area contributed by atoms with Crippen LogP contribution in [0, 0.1) is 10.1 Å². The third-order valence-electron chi connectivity index (χ3n) is 3.83. The Morgan fingerprint density at radius 2 is 2.12 bits per heavy atom. The summed E-state index contributed by atoms with van der Waals surface area (Å²) >= 11 is 7.15. The van der Waals surface area contributed by atoms with E-state index in [2.05, 4.69) is 15.2 Å². The summed E-state index contributed by atoms with van der Waals surface area (Å²) in [5.74, 6) is 0.280. The Bertz CT molecular complexity index is 764. The molecule has 11 heteroatoms. The Balaban J connectivity index is 1.58. The van der Waals surface area contributed by atoms with Crippen molar-refractivity contribution in [1.29, 1.82) is 0 Å². The first-order valence-corrected chi connectivity index (χ1v) is 8.86. The molecular weight excluding hydrogens is 368 g/mol. The second-order valence-corrected chi connectivity index (χ2v) is 6.74. The van der Waals surface area contributed by atoms with Gasteiger partial charge >= 0.3 is 0 Å². The number of nitro groups is 1. The first-order chi connectivity index (χ1) is 12.0. The number of hydrogen-bond donors (Lipinski definition) is 1. The van der Waals surface area contributed by atoms with Gasteiger partial charge < -0.3 is 9.80 Å². The van der Waals surface area contributed by atoms with Crippen molar-refractivity contribution in [3.8, 4) is 0 Å². The van der Waals surface area contributed by atoms with Crippen molar-refractivity contribution in [2.75, 3.05) is 36.8 Å². The van der Waals surface area contributed by atoms with Gasteiger partial charge in [-0.2, -0.15) is 5.10 Å². The molecule has 1 fully saturated rings. The van der Waals surface area contributed by atoms with Gasteiger partial charge in [0.25, 0.3) is 5.69 Å². The van der Waals surface area contributed by atoms with E-state index in [0.29, 0.717) is 42.0 Å². The van der Waals surface area contributed by atoms with E-state index in [0.717, 1.165) is 0 Å². The predicted octanol–water partition coefficient (Wildman–Crippen LogP) is 1.81. The summed E-state index contributed by atoms with van der Waals surface area (Å²) in [6.07, 6.45) is 1.39. The fraction of sp³-hybridized carbons (Fsp3) is 0.357. The molecule has 0 bridgehead atoms. The Morgan fingerprint density at radius 1 is 1.36 bits per heavy atom. The third kappa shape index (κ3) is 4.20. The van der Waals surface area contributed by atoms with Crippen LogP contribution < -0.4 is 4.90 Å². The lowest BCUT2D eigenvalue weighted by Crippen LogP contribution is -2.49. The van der Waals surface area contributed by atoms with Gasteiger partial charge in [-0.25, -0.2) is 4.98 Å². The van der Waals surface area contributed by atoms with Gasteiger partial charge in [0.2, 0.25) is 5.91 Å².